The third kappa shape index (κ3) is 1.97. The maximum absolute atomic E-state index is 12.8. The van der Waals surface area contributed by atoms with Crippen LogP contribution in [-0.2, 0) is 14.9 Å². The molecule has 2 saturated heterocycles. The Kier molecular flexibility index (Phi) is 2.80. The first-order chi connectivity index (χ1) is 9.92. The molecule has 1 aromatic carbocycles. The molecule has 0 amide bonds. The summed E-state index contributed by atoms with van der Waals surface area (Å²) in [5.74, 6) is 0.308. The van der Waals surface area contributed by atoms with E-state index in [9.17, 15) is 8.42 Å². The smallest absolute Gasteiger partial charge is 0.243 e. The highest BCUT2D eigenvalue weighted by molar-refractivity contribution is 7.89. The van der Waals surface area contributed by atoms with Crippen LogP contribution in [-0.4, -0.2) is 49.6 Å². The fourth-order valence-electron chi connectivity index (χ4n) is 3.70. The highest BCUT2D eigenvalue weighted by atomic mass is 32.2. The molecule has 1 saturated carbocycles. The van der Waals surface area contributed by atoms with Crippen molar-refractivity contribution in [2.75, 3.05) is 20.1 Å². The Morgan fingerprint density at radius 2 is 1.86 bits per heavy atom. The van der Waals surface area contributed by atoms with Crippen LogP contribution in [0.4, 0.5) is 0 Å². The average molecular weight is 308 g/mol. The normalized spacial score (nSPS) is 31.7. The van der Waals surface area contributed by atoms with E-state index in [1.54, 1.807) is 16.4 Å². The number of sulfonamides is 1. The molecule has 1 aromatic rings. The third-order valence-corrected chi connectivity index (χ3v) is 6.97. The molecule has 0 unspecified atom stereocenters. The van der Waals surface area contributed by atoms with Gasteiger partial charge in [-0.3, -0.25) is 4.84 Å². The van der Waals surface area contributed by atoms with Gasteiger partial charge in [0.1, 0.15) is 0 Å². The van der Waals surface area contributed by atoms with Crippen LogP contribution in [0, 0.1) is 12.8 Å². The number of hydroxylamine groups is 2. The molecule has 1 spiro atoms. The number of fused-ring (bicyclic) bond motifs is 2. The van der Waals surface area contributed by atoms with Gasteiger partial charge in [-0.05, 0) is 31.9 Å². The average Bonchev–Trinajstić information content (AvgIpc) is 2.97. The zero-order valence-electron chi connectivity index (χ0n) is 12.3. The van der Waals surface area contributed by atoms with Gasteiger partial charge in [0.15, 0.2) is 0 Å². The van der Waals surface area contributed by atoms with Crippen molar-refractivity contribution < 1.29 is 13.3 Å². The van der Waals surface area contributed by atoms with Crippen molar-refractivity contribution in [1.82, 2.24) is 9.37 Å². The maximum Gasteiger partial charge on any atom is 0.243 e. The molecule has 0 aromatic heterocycles. The van der Waals surface area contributed by atoms with Crippen LogP contribution < -0.4 is 0 Å². The summed E-state index contributed by atoms with van der Waals surface area (Å²) in [5.41, 5.74) is 0.994. The van der Waals surface area contributed by atoms with Crippen molar-refractivity contribution >= 4 is 10.0 Å². The molecule has 3 fully saturated rings. The molecule has 2 aliphatic heterocycles. The van der Waals surface area contributed by atoms with Crippen molar-refractivity contribution in [3.8, 4) is 0 Å². The van der Waals surface area contributed by atoms with E-state index >= 15 is 0 Å². The van der Waals surface area contributed by atoms with E-state index in [-0.39, 0.29) is 11.6 Å². The zero-order chi connectivity index (χ0) is 14.8. The van der Waals surface area contributed by atoms with Crippen molar-refractivity contribution in [3.63, 3.8) is 0 Å². The van der Waals surface area contributed by atoms with Gasteiger partial charge in [0.05, 0.1) is 16.5 Å². The molecule has 0 N–H and O–H groups in total. The zero-order valence-corrected chi connectivity index (χ0v) is 13.1. The number of nitrogens with zero attached hydrogens (tertiary/aromatic N) is 2. The van der Waals surface area contributed by atoms with E-state index in [0.29, 0.717) is 23.9 Å². The van der Waals surface area contributed by atoms with E-state index in [2.05, 4.69) is 0 Å². The van der Waals surface area contributed by atoms with Gasteiger partial charge in [-0.25, -0.2) is 8.42 Å². The highest BCUT2D eigenvalue weighted by Crippen LogP contribution is 2.55. The Balaban J connectivity index is 1.62. The van der Waals surface area contributed by atoms with Crippen molar-refractivity contribution in [1.29, 1.82) is 0 Å². The third-order valence-electron chi connectivity index (χ3n) is 5.13. The Labute approximate surface area is 125 Å². The monoisotopic (exact) mass is 308 g/mol. The first-order valence-corrected chi connectivity index (χ1v) is 8.85. The van der Waals surface area contributed by atoms with Gasteiger partial charge in [-0.15, -0.1) is 0 Å². The predicted octanol–water partition coefficient (Wildman–Crippen LogP) is 1.39. The lowest BCUT2D eigenvalue weighted by Crippen LogP contribution is -2.35. The Bertz CT molecular complexity index is 667. The highest BCUT2D eigenvalue weighted by Gasteiger charge is 2.64. The van der Waals surface area contributed by atoms with Crippen LogP contribution in [0.25, 0.3) is 0 Å². The lowest BCUT2D eigenvalue weighted by atomic mass is 9.97. The Morgan fingerprint density at radius 1 is 1.19 bits per heavy atom. The summed E-state index contributed by atoms with van der Waals surface area (Å²) in [6, 6.07) is 7.29. The molecular formula is C15H20N2O3S. The van der Waals surface area contributed by atoms with Crippen LogP contribution in [0.5, 0.6) is 0 Å². The number of rotatable bonds is 2. The van der Waals surface area contributed by atoms with Gasteiger partial charge in [0.2, 0.25) is 10.0 Å². The van der Waals surface area contributed by atoms with Crippen molar-refractivity contribution in [2.45, 2.75) is 36.3 Å². The second kappa shape index (κ2) is 4.29. The van der Waals surface area contributed by atoms with E-state index in [1.165, 1.54) is 0 Å². The van der Waals surface area contributed by atoms with Crippen LogP contribution >= 0.6 is 0 Å². The van der Waals surface area contributed by atoms with Gasteiger partial charge in [0.25, 0.3) is 0 Å². The summed E-state index contributed by atoms with van der Waals surface area (Å²) in [7, 11) is -1.47. The van der Waals surface area contributed by atoms with E-state index in [4.69, 9.17) is 4.84 Å². The molecule has 21 heavy (non-hydrogen) atoms. The van der Waals surface area contributed by atoms with E-state index in [1.807, 2.05) is 31.2 Å². The molecule has 0 bridgehead atoms. The molecule has 5 nitrogen and oxygen atoms in total. The number of aryl methyl sites for hydroxylation is 1. The molecule has 2 atom stereocenters. The molecular weight excluding hydrogens is 288 g/mol. The number of hydrogen-bond donors (Lipinski definition) is 0. The van der Waals surface area contributed by atoms with Gasteiger partial charge < -0.3 is 0 Å². The minimum atomic E-state index is -3.39. The molecule has 2 heterocycles. The second-order valence-electron chi connectivity index (χ2n) is 6.51. The van der Waals surface area contributed by atoms with E-state index < -0.39 is 10.0 Å². The maximum atomic E-state index is 12.8. The molecule has 3 aliphatic rings. The summed E-state index contributed by atoms with van der Waals surface area (Å²) in [4.78, 5) is 6.31. The van der Waals surface area contributed by atoms with Crippen molar-refractivity contribution in [2.24, 2.45) is 5.92 Å². The lowest BCUT2D eigenvalue weighted by Gasteiger charge is -2.21. The van der Waals surface area contributed by atoms with Gasteiger partial charge in [-0.1, -0.05) is 17.7 Å². The Morgan fingerprint density at radius 3 is 2.48 bits per heavy atom. The summed E-state index contributed by atoms with van der Waals surface area (Å²) in [6.45, 7) is 3.06. The lowest BCUT2D eigenvalue weighted by molar-refractivity contribution is -0.158. The fourth-order valence-corrected chi connectivity index (χ4v) is 5.18. The minimum Gasteiger partial charge on any atom is -0.292 e. The van der Waals surface area contributed by atoms with Gasteiger partial charge >= 0.3 is 0 Å². The number of hydrogen-bond acceptors (Lipinski definition) is 4. The summed E-state index contributed by atoms with van der Waals surface area (Å²) >= 11 is 0. The second-order valence-corrected chi connectivity index (χ2v) is 8.45. The van der Waals surface area contributed by atoms with Crippen LogP contribution in [0.2, 0.25) is 0 Å². The summed E-state index contributed by atoms with van der Waals surface area (Å²) in [6.07, 6.45) is 2.11. The molecule has 1 aliphatic carbocycles. The predicted molar refractivity (Wildman–Crippen MR) is 78.0 cm³/mol. The van der Waals surface area contributed by atoms with E-state index in [0.717, 1.165) is 18.4 Å². The molecule has 4 rings (SSSR count). The number of likely N-dealkylation sites (N-methyl/N-ethyl adjacent to an activating group) is 1. The van der Waals surface area contributed by atoms with Crippen LogP contribution in [0.3, 0.4) is 0 Å². The minimum absolute atomic E-state index is 0.0725. The topological polar surface area (TPSA) is 49.9 Å². The largest absolute Gasteiger partial charge is 0.292 e. The molecule has 6 heteroatoms. The number of benzene rings is 1. The van der Waals surface area contributed by atoms with Crippen LogP contribution in [0.1, 0.15) is 18.4 Å². The first-order valence-electron chi connectivity index (χ1n) is 7.41. The van der Waals surface area contributed by atoms with Gasteiger partial charge in [0, 0.05) is 26.1 Å². The van der Waals surface area contributed by atoms with Crippen LogP contribution in [0.15, 0.2) is 29.2 Å². The summed E-state index contributed by atoms with van der Waals surface area (Å²) in [5, 5.41) is 1.88. The molecule has 0 radical (unpaired) electrons. The Hall–Kier alpha value is -0.950. The quantitative estimate of drug-likeness (QED) is 0.828. The van der Waals surface area contributed by atoms with Gasteiger partial charge in [-0.2, -0.15) is 9.37 Å². The standard InChI is InChI=1S/C15H20N2O3S/c1-11-3-5-12(6-4-11)21(18,19)17-9-13-14(10-17)16(2)20-15(13)7-8-15/h3-6,13-14H,7-10H2,1-2H3/t13-,14+/m1/s1. The van der Waals surface area contributed by atoms with Crippen molar-refractivity contribution in [3.05, 3.63) is 29.8 Å². The summed E-state index contributed by atoms with van der Waals surface area (Å²) < 4.78 is 27.2. The first kappa shape index (κ1) is 13.7. The molecule has 114 valence electrons. The SMILES string of the molecule is Cc1ccc(S(=O)(=O)N2C[C@@H]3[C@H](C2)N(C)OC32CC2)cc1. The fraction of sp³-hybridized carbons (Fsp3) is 0.600.